The molecule has 5 nitrogen and oxygen atoms in total. The molecule has 0 saturated heterocycles. The van der Waals surface area contributed by atoms with Crippen molar-refractivity contribution in [3.05, 3.63) is 87.6 Å². The van der Waals surface area contributed by atoms with Gasteiger partial charge >= 0.3 is 0 Å². The molecule has 30 heavy (non-hydrogen) atoms. The molecule has 0 aliphatic rings. The average Bonchev–Trinajstić information content (AvgIpc) is 2.80. The molecule has 144 valence electrons. The summed E-state index contributed by atoms with van der Waals surface area (Å²) in [4.78, 5) is 58.8. The maximum atomic E-state index is 12.6. The van der Waals surface area contributed by atoms with Crippen molar-refractivity contribution in [3.8, 4) is 0 Å². The van der Waals surface area contributed by atoms with Crippen molar-refractivity contribution in [1.82, 2.24) is 0 Å². The molecule has 0 radical (unpaired) electrons. The van der Waals surface area contributed by atoms with Gasteiger partial charge in [-0.2, -0.15) is 0 Å². The van der Waals surface area contributed by atoms with Gasteiger partial charge in [0.05, 0.1) is 27.8 Å². The van der Waals surface area contributed by atoms with Gasteiger partial charge in [-0.1, -0.05) is 60.7 Å². The zero-order valence-corrected chi connectivity index (χ0v) is 19.1. The Bertz CT molecular complexity index is 1480. The van der Waals surface area contributed by atoms with E-state index in [-0.39, 0.29) is 36.8 Å². The summed E-state index contributed by atoms with van der Waals surface area (Å²) in [6, 6.07) is 18.5. The first-order chi connectivity index (χ1) is 14.2. The summed E-state index contributed by atoms with van der Waals surface area (Å²) in [6.45, 7) is -3.25. The van der Waals surface area contributed by atoms with E-state index in [2.05, 4.69) is 5.66 Å². The Hall–Kier alpha value is -3.32. The second-order valence-electron chi connectivity index (χ2n) is 5.91. The van der Waals surface area contributed by atoms with Crippen LogP contribution in [0.1, 0.15) is 0 Å². The molecule has 0 aromatic heterocycles. The predicted molar refractivity (Wildman–Crippen MR) is 109 cm³/mol. The molecule has 0 aliphatic carbocycles. The number of hydrogen-bond acceptors (Lipinski definition) is 5. The van der Waals surface area contributed by atoms with Crippen LogP contribution in [0.3, 0.4) is 0 Å². The van der Waals surface area contributed by atoms with Crippen molar-refractivity contribution >= 4 is 52.2 Å². The molecule has 0 amide bonds. The van der Waals surface area contributed by atoms with Crippen LogP contribution in [-0.2, 0) is 45.0 Å². The quantitative estimate of drug-likeness (QED) is 0.309. The molecule has 3 aromatic carbocycles. The number of carbonyl (C=O) groups excluding carboxylic acids is 5. The van der Waals surface area contributed by atoms with Gasteiger partial charge in [0, 0.05) is 26.4 Å². The molecule has 0 saturated carbocycles. The minimum atomic E-state index is -3.25. The van der Waals surface area contributed by atoms with Crippen molar-refractivity contribution in [1.29, 1.82) is 0 Å². The summed E-state index contributed by atoms with van der Waals surface area (Å²) < 4.78 is 0. The molecule has 0 unspecified atom stereocenters. The van der Waals surface area contributed by atoms with Crippen molar-refractivity contribution in [2.75, 3.05) is 0 Å². The van der Waals surface area contributed by atoms with E-state index in [1.807, 2.05) is 0 Å². The normalized spacial score (nSPS) is 9.73. The summed E-state index contributed by atoms with van der Waals surface area (Å²) >= 11 is 0. The maximum Gasteiger partial charge on any atom is 0.135 e. The van der Waals surface area contributed by atoms with E-state index in [0.717, 1.165) is 0 Å². The molecule has 0 fully saturated rings. The molecule has 7 heteroatoms. The minimum Gasteiger partial charge on any atom is -0.233 e. The molecule has 3 rings (SSSR count). The summed E-state index contributed by atoms with van der Waals surface area (Å²) in [5.74, 6) is 6.22. The van der Waals surface area contributed by atoms with Crippen LogP contribution in [-0.4, -0.2) is 29.4 Å². The first-order valence-corrected chi connectivity index (χ1v) is 10.1. The summed E-state index contributed by atoms with van der Waals surface area (Å²) in [6.07, 6.45) is 0. The van der Waals surface area contributed by atoms with Gasteiger partial charge in [0.25, 0.3) is 0 Å². The molecular formula is C23H11O5PW. The monoisotopic (exact) mass is 582 g/mol. The molecule has 0 atom stereocenters. The van der Waals surface area contributed by atoms with Crippen LogP contribution in [0.15, 0.2) is 66.7 Å². The van der Waals surface area contributed by atoms with Gasteiger partial charge in [-0.25, -0.2) is 24.0 Å². The van der Waals surface area contributed by atoms with Gasteiger partial charge in [-0.05, 0) is 16.7 Å². The Morgan fingerprint density at radius 3 is 1.40 bits per heavy atom. The molecule has 0 bridgehead atoms. The third-order valence-electron chi connectivity index (χ3n) is 4.51. The fourth-order valence-corrected chi connectivity index (χ4v) is 6.43. The van der Waals surface area contributed by atoms with Gasteiger partial charge in [-0.3, -0.25) is 0 Å². The molecule has 0 heterocycles. The molecule has 0 spiro atoms. The first-order valence-electron chi connectivity index (χ1n) is 8.31. The van der Waals surface area contributed by atoms with E-state index in [1.165, 1.54) is 17.9 Å². The van der Waals surface area contributed by atoms with Crippen LogP contribution in [0.5, 0.6) is 0 Å². The maximum absolute atomic E-state index is 12.6. The van der Waals surface area contributed by atoms with Crippen molar-refractivity contribution in [3.63, 3.8) is 0 Å². The third kappa shape index (κ3) is 3.64. The van der Waals surface area contributed by atoms with Gasteiger partial charge in [0.1, 0.15) is 29.4 Å². The van der Waals surface area contributed by atoms with E-state index in [9.17, 15) is 24.0 Å². The Balaban J connectivity index is 0.00000320. The topological polar surface area (TPSA) is 85.3 Å². The van der Waals surface area contributed by atoms with Crippen LogP contribution in [0, 0.1) is 0 Å². The number of rotatable bonds is 3. The van der Waals surface area contributed by atoms with E-state index < -0.39 is 17.3 Å². The third-order valence-corrected chi connectivity index (χ3v) is 8.00. The molecule has 0 aliphatic heterocycles. The Labute approximate surface area is 184 Å². The second kappa shape index (κ2) is 9.93. The zero-order valence-electron chi connectivity index (χ0n) is 15.2. The fourth-order valence-electron chi connectivity index (χ4n) is 3.21. The minimum absolute atomic E-state index is 0. The Morgan fingerprint density at radius 2 is 1.03 bits per heavy atom. The van der Waals surface area contributed by atoms with Gasteiger partial charge in [0.15, 0.2) is 0 Å². The smallest absolute Gasteiger partial charge is 0.135 e. The molecule has 3 aromatic rings. The van der Waals surface area contributed by atoms with Crippen LogP contribution in [0.25, 0.3) is 0 Å². The Kier molecular flexibility index (Phi) is 7.60. The predicted octanol–water partition coefficient (Wildman–Crippen LogP) is -2.94. The zero-order chi connectivity index (χ0) is 20.9. The number of hydrogen-bond donors (Lipinski definition) is 0. The van der Waals surface area contributed by atoms with Crippen molar-refractivity contribution in [2.24, 2.45) is 0 Å². The van der Waals surface area contributed by atoms with Crippen LogP contribution >= 0.6 is 6.89 Å². The largest absolute Gasteiger partial charge is 0.233 e. The van der Waals surface area contributed by atoms with Crippen LogP contribution in [0.4, 0.5) is 0 Å². The SMILES string of the molecule is O=C=c1cc(P(=C=O)(c2ccccc2)c2ccccc2)c(=C=O)c(=C=O)c1=C=O.[W]. The number of benzene rings is 3. The van der Waals surface area contributed by atoms with Crippen LogP contribution in [0.2, 0.25) is 0 Å². The van der Waals surface area contributed by atoms with E-state index in [0.29, 0.717) is 10.6 Å². The van der Waals surface area contributed by atoms with E-state index >= 15 is 0 Å². The molecular weight excluding hydrogens is 571 g/mol. The van der Waals surface area contributed by atoms with Crippen LogP contribution < -0.4 is 36.8 Å². The van der Waals surface area contributed by atoms with E-state index in [1.54, 1.807) is 72.5 Å². The van der Waals surface area contributed by atoms with Crippen molar-refractivity contribution < 1.29 is 45.0 Å². The van der Waals surface area contributed by atoms with Gasteiger partial charge < -0.3 is 0 Å². The summed E-state index contributed by atoms with van der Waals surface area (Å²) in [7, 11) is 0. The fraction of sp³-hybridized carbons (Fsp3) is 0. The summed E-state index contributed by atoms with van der Waals surface area (Å²) in [5.41, 5.74) is 2.10. The standard InChI is InChI=1S/C23H11O5P.W/c24-12-17-11-23(22(15-27)21(14-26)20(17)13-25)29(16-28,18-7-3-1-4-8-18)19-9-5-2-6-10-19;/h1-11H;. The first kappa shape index (κ1) is 23.0. The average molecular weight is 582 g/mol. The second-order valence-corrected chi connectivity index (χ2v) is 8.95. The summed E-state index contributed by atoms with van der Waals surface area (Å²) in [5, 5.41) is -0.348. The Morgan fingerprint density at radius 1 is 0.567 bits per heavy atom. The molecule has 0 N–H and O–H groups in total. The van der Waals surface area contributed by atoms with Gasteiger partial charge in [0.2, 0.25) is 0 Å². The van der Waals surface area contributed by atoms with Crippen molar-refractivity contribution in [2.45, 2.75) is 0 Å². The van der Waals surface area contributed by atoms with Gasteiger partial charge in [-0.15, -0.1) is 0 Å². The van der Waals surface area contributed by atoms with E-state index in [4.69, 9.17) is 0 Å².